The fourth-order valence-corrected chi connectivity index (χ4v) is 11.3. The van der Waals surface area contributed by atoms with Crippen LogP contribution in [0.3, 0.4) is 0 Å². The molecule has 4 aliphatic rings. The summed E-state index contributed by atoms with van der Waals surface area (Å²) in [4.78, 5) is 70.0. The quantitative estimate of drug-likeness (QED) is 0.267. The van der Waals surface area contributed by atoms with Gasteiger partial charge in [0, 0.05) is 37.3 Å². The largest absolute Gasteiger partial charge is 0.483 e. The highest BCUT2D eigenvalue weighted by Crippen LogP contribution is 2.69. The number of aromatic amines is 1. The van der Waals surface area contributed by atoms with Gasteiger partial charge in [-0.15, -0.1) is 11.8 Å². The second kappa shape index (κ2) is 11.7. The Bertz CT molecular complexity index is 1830. The van der Waals surface area contributed by atoms with Crippen molar-refractivity contribution in [2.75, 3.05) is 11.9 Å². The molecule has 7 rings (SSSR count). The highest BCUT2D eigenvalue weighted by atomic mass is 35.5. The number of carboxylic acids is 1. The van der Waals surface area contributed by atoms with E-state index in [1.165, 1.54) is 11.8 Å². The molecule has 3 amide bonds. The first-order chi connectivity index (χ1) is 21.9. The number of nitrogens with zero attached hydrogens (tertiary/aromatic N) is 1. The lowest BCUT2D eigenvalue weighted by atomic mass is 9.68. The number of amides is 3. The fraction of sp³-hybridized carbons (Fsp3) is 0.406. The number of nitrogens with one attached hydrogen (secondary N) is 2. The zero-order valence-corrected chi connectivity index (χ0v) is 27.7. The molecule has 2 aliphatic carbocycles. The number of aliphatic carboxylic acids is 1. The maximum atomic E-state index is 14.0. The summed E-state index contributed by atoms with van der Waals surface area (Å²) in [5, 5.41) is 14.3. The van der Waals surface area contributed by atoms with Crippen molar-refractivity contribution in [2.45, 2.75) is 42.5 Å². The van der Waals surface area contributed by atoms with Crippen molar-refractivity contribution in [3.63, 3.8) is 0 Å². The summed E-state index contributed by atoms with van der Waals surface area (Å²) in [6, 6.07) is 10.6. The second-order valence-electron chi connectivity index (χ2n) is 12.6. The van der Waals surface area contributed by atoms with Gasteiger partial charge in [0.1, 0.15) is 11.8 Å². The van der Waals surface area contributed by atoms with E-state index in [4.69, 9.17) is 27.9 Å². The van der Waals surface area contributed by atoms with Crippen molar-refractivity contribution in [3.8, 4) is 5.75 Å². The van der Waals surface area contributed by atoms with Crippen LogP contribution < -0.4 is 14.9 Å². The number of fused-ring (bicyclic) bond motifs is 9. The molecule has 10 nitrogen and oxygen atoms in total. The van der Waals surface area contributed by atoms with E-state index in [0.29, 0.717) is 38.5 Å². The monoisotopic (exact) mass is 701 g/mol. The van der Waals surface area contributed by atoms with Crippen molar-refractivity contribution in [2.24, 2.45) is 35.5 Å². The Morgan fingerprint density at radius 1 is 1.04 bits per heavy atom. The standard InChI is InChI=1S/C32H29Cl2N3O7S2/c1-12(2)25(31(41)42)37-29(39)23-17-10-18(24(23)30(37)40)26-22(17)21(27-28(45-26)36-32(43)46-27)16-9-14(34)5-8-19(16)44-11-20(38)35-15-6-3-13(33)4-7-15/h3-9,12,17-18,21-26H,10-11H2,1-2H3,(H,35,38)(H,36,43)(H,41,42)/t17?,18?,21-,22?,23?,24?,25?,26?/m1/s1. The Morgan fingerprint density at radius 3 is 2.39 bits per heavy atom. The number of thioether (sulfide) groups is 1. The minimum atomic E-state index is -1.24. The van der Waals surface area contributed by atoms with Gasteiger partial charge in [0.25, 0.3) is 5.91 Å². The zero-order valence-electron chi connectivity index (χ0n) is 24.6. The number of hydrogen-bond donors (Lipinski definition) is 3. The van der Waals surface area contributed by atoms with E-state index in [0.717, 1.165) is 21.1 Å². The molecule has 2 bridgehead atoms. The Morgan fingerprint density at radius 2 is 1.72 bits per heavy atom. The molecule has 0 spiro atoms. The summed E-state index contributed by atoms with van der Waals surface area (Å²) < 4.78 is 6.10. The van der Waals surface area contributed by atoms with Crippen LogP contribution in [-0.2, 0) is 19.2 Å². The summed E-state index contributed by atoms with van der Waals surface area (Å²) in [6.45, 7) is 3.09. The summed E-state index contributed by atoms with van der Waals surface area (Å²) in [5.74, 6) is -4.71. The number of aromatic nitrogens is 1. The van der Waals surface area contributed by atoms with Crippen molar-refractivity contribution < 1.29 is 29.0 Å². The van der Waals surface area contributed by atoms with Crippen molar-refractivity contribution >= 4 is 75.7 Å². The van der Waals surface area contributed by atoms with E-state index >= 15 is 0 Å². The zero-order chi connectivity index (χ0) is 32.6. The van der Waals surface area contributed by atoms with E-state index in [1.807, 2.05) is 0 Å². The molecule has 1 saturated heterocycles. The first-order valence-electron chi connectivity index (χ1n) is 14.9. The maximum absolute atomic E-state index is 14.0. The molecule has 3 N–H and O–H groups in total. The Balaban J connectivity index is 1.24. The summed E-state index contributed by atoms with van der Waals surface area (Å²) in [7, 11) is 0. The number of ether oxygens (including phenoxy) is 1. The number of anilines is 1. The van der Waals surface area contributed by atoms with E-state index < -0.39 is 47.5 Å². The third-order valence-electron chi connectivity index (χ3n) is 9.71. The van der Waals surface area contributed by atoms with Crippen LogP contribution in [0.5, 0.6) is 5.75 Å². The molecule has 8 atom stereocenters. The number of carbonyl (C=O) groups excluding carboxylic acids is 3. The van der Waals surface area contributed by atoms with E-state index in [1.54, 1.807) is 56.3 Å². The Kier molecular flexibility index (Phi) is 7.98. The molecule has 3 fully saturated rings. The average Bonchev–Trinajstić information content (AvgIpc) is 3.73. The van der Waals surface area contributed by atoms with Crippen LogP contribution in [0.25, 0.3) is 0 Å². The lowest BCUT2D eigenvalue weighted by Gasteiger charge is -2.43. The molecule has 240 valence electrons. The summed E-state index contributed by atoms with van der Waals surface area (Å²) >= 11 is 15.1. The molecule has 2 aromatic carbocycles. The van der Waals surface area contributed by atoms with Crippen LogP contribution in [0.1, 0.15) is 36.6 Å². The molecule has 2 aliphatic heterocycles. The third kappa shape index (κ3) is 5.04. The molecule has 7 unspecified atom stereocenters. The van der Waals surface area contributed by atoms with Gasteiger partial charge in [-0.3, -0.25) is 24.1 Å². The van der Waals surface area contributed by atoms with Crippen LogP contribution >= 0.6 is 46.3 Å². The smallest absolute Gasteiger partial charge is 0.327 e. The number of thiazole rings is 1. The number of rotatable bonds is 8. The first-order valence-corrected chi connectivity index (χ1v) is 17.4. The lowest BCUT2D eigenvalue weighted by Crippen LogP contribution is -2.49. The third-order valence-corrected chi connectivity index (χ3v) is 12.8. The van der Waals surface area contributed by atoms with Gasteiger partial charge in [0.15, 0.2) is 6.61 Å². The summed E-state index contributed by atoms with van der Waals surface area (Å²) in [6.07, 6.45) is 0.637. The number of carboxylic acid groups (broad SMARTS) is 1. The van der Waals surface area contributed by atoms with Gasteiger partial charge >= 0.3 is 10.8 Å². The molecule has 0 radical (unpaired) electrons. The minimum absolute atomic E-state index is 0.118. The van der Waals surface area contributed by atoms with Crippen LogP contribution in [0.2, 0.25) is 10.0 Å². The van der Waals surface area contributed by atoms with Gasteiger partial charge in [0.2, 0.25) is 11.8 Å². The molecular weight excluding hydrogens is 673 g/mol. The lowest BCUT2D eigenvalue weighted by molar-refractivity contribution is -0.157. The number of hydrogen-bond acceptors (Lipinski definition) is 8. The highest BCUT2D eigenvalue weighted by Gasteiger charge is 2.70. The summed E-state index contributed by atoms with van der Waals surface area (Å²) in [5.41, 5.74) is 1.24. The molecule has 2 saturated carbocycles. The number of halogens is 2. The van der Waals surface area contributed by atoms with Crippen LogP contribution in [0.15, 0.2) is 52.3 Å². The minimum Gasteiger partial charge on any atom is -0.483 e. The van der Waals surface area contributed by atoms with Gasteiger partial charge in [-0.25, -0.2) is 4.79 Å². The fourth-order valence-electron chi connectivity index (χ4n) is 8.12. The number of carbonyl (C=O) groups is 4. The van der Waals surface area contributed by atoms with Crippen LogP contribution in [-0.4, -0.2) is 56.6 Å². The van der Waals surface area contributed by atoms with Gasteiger partial charge in [-0.2, -0.15) is 0 Å². The number of likely N-dealkylation sites (tertiary alicyclic amines) is 1. The van der Waals surface area contributed by atoms with Gasteiger partial charge in [0.05, 0.1) is 16.9 Å². The molecule has 14 heteroatoms. The maximum Gasteiger partial charge on any atom is 0.327 e. The van der Waals surface area contributed by atoms with Crippen molar-refractivity contribution in [1.29, 1.82) is 0 Å². The van der Waals surface area contributed by atoms with E-state index in [-0.39, 0.29) is 40.4 Å². The molecule has 46 heavy (non-hydrogen) atoms. The van der Waals surface area contributed by atoms with Gasteiger partial charge < -0.3 is 20.1 Å². The number of imide groups is 1. The van der Waals surface area contributed by atoms with Crippen LogP contribution in [0.4, 0.5) is 5.69 Å². The predicted molar refractivity (Wildman–Crippen MR) is 174 cm³/mol. The normalized spacial score (nSPS) is 28.2. The van der Waals surface area contributed by atoms with Gasteiger partial charge in [-0.1, -0.05) is 48.4 Å². The Labute approximate surface area is 281 Å². The predicted octanol–water partition coefficient (Wildman–Crippen LogP) is 5.34. The van der Waals surface area contributed by atoms with Gasteiger partial charge in [-0.05, 0) is 72.6 Å². The number of benzene rings is 2. The average molecular weight is 703 g/mol. The molecule has 3 aromatic rings. The highest BCUT2D eigenvalue weighted by molar-refractivity contribution is 8.00. The van der Waals surface area contributed by atoms with E-state index in [9.17, 15) is 29.1 Å². The Hall–Kier alpha value is -3.32. The molecular formula is C32H29Cl2N3O7S2. The van der Waals surface area contributed by atoms with Crippen molar-refractivity contribution in [3.05, 3.63) is 72.6 Å². The molecule has 1 aromatic heterocycles. The first kappa shape index (κ1) is 31.3. The SMILES string of the molecule is CC(C)C(C(=O)O)N1C(=O)C2C3CC(C2C1=O)C1C3Sc2[nH]c(=O)sc2[C@@H]1c1cc(Cl)ccc1OCC(=O)Nc1ccc(Cl)cc1. The van der Waals surface area contributed by atoms with Crippen LogP contribution in [0, 0.1) is 35.5 Å². The number of H-pyrrole nitrogens is 1. The molecule has 3 heterocycles. The second-order valence-corrected chi connectivity index (χ2v) is 15.6. The van der Waals surface area contributed by atoms with E-state index in [2.05, 4.69) is 10.3 Å². The topological polar surface area (TPSA) is 146 Å². The van der Waals surface area contributed by atoms with Crippen molar-refractivity contribution in [1.82, 2.24) is 9.88 Å².